The van der Waals surface area contributed by atoms with Crippen molar-refractivity contribution in [3.63, 3.8) is 0 Å². The van der Waals surface area contributed by atoms with Gasteiger partial charge in [0.05, 0.1) is 41.8 Å². The summed E-state index contributed by atoms with van der Waals surface area (Å²) >= 11 is -2.05. The molecule has 172 valence electrons. The summed E-state index contributed by atoms with van der Waals surface area (Å²) in [4.78, 5) is 1.48. The molecule has 5 rings (SSSR count). The Bertz CT molecular complexity index is 1030. The summed E-state index contributed by atoms with van der Waals surface area (Å²) in [5.41, 5.74) is -1.71. The largest absolute Gasteiger partial charge is 0.453 e. The van der Waals surface area contributed by atoms with Crippen molar-refractivity contribution in [2.45, 2.75) is 30.6 Å². The average Bonchev–Trinajstić information content (AvgIpc) is 3.10. The number of fused-ring (bicyclic) bond motifs is 3. The van der Waals surface area contributed by atoms with Crippen LogP contribution in [0.15, 0.2) is 36.4 Å². The Morgan fingerprint density at radius 1 is 0.844 bits per heavy atom. The predicted octanol–water partition coefficient (Wildman–Crippen LogP) is 4.73. The van der Waals surface area contributed by atoms with Crippen molar-refractivity contribution in [3.8, 4) is 11.5 Å². The second-order valence-electron chi connectivity index (χ2n) is 7.34. The minimum atomic E-state index is -4.68. The molecule has 3 heterocycles. The minimum absolute atomic E-state index is 0.00263. The van der Waals surface area contributed by atoms with Gasteiger partial charge in [-0.3, -0.25) is 8.37 Å². The number of benzene rings is 2. The van der Waals surface area contributed by atoms with Gasteiger partial charge in [-0.2, -0.15) is 30.6 Å². The first-order valence-corrected chi connectivity index (χ1v) is 10.3. The highest BCUT2D eigenvalue weighted by molar-refractivity contribution is 7.75. The van der Waals surface area contributed by atoms with Crippen molar-refractivity contribution in [2.24, 2.45) is 0 Å². The minimum Gasteiger partial charge on any atom is -0.453 e. The summed E-state index contributed by atoms with van der Waals surface area (Å²) in [5, 5.41) is 0. The van der Waals surface area contributed by atoms with Gasteiger partial charge in [0.1, 0.15) is 12.2 Å². The van der Waals surface area contributed by atoms with Crippen LogP contribution in [0.3, 0.4) is 0 Å². The molecule has 0 spiro atoms. The fraction of sp³-hybridized carbons (Fsp3) is 0.368. The lowest BCUT2D eigenvalue weighted by Gasteiger charge is -2.42. The Labute approximate surface area is 179 Å². The first-order chi connectivity index (χ1) is 15.0. The van der Waals surface area contributed by atoms with E-state index in [1.54, 1.807) is 0 Å². The molecule has 3 aliphatic heterocycles. The van der Waals surface area contributed by atoms with Crippen LogP contribution in [0.25, 0.3) is 0 Å². The van der Waals surface area contributed by atoms with Crippen LogP contribution >= 0.6 is 0 Å². The molecule has 0 amide bonds. The molecule has 2 aromatic carbocycles. The summed E-state index contributed by atoms with van der Waals surface area (Å²) in [5.74, 6) is -0.567. The number of hydrogen-bond donors (Lipinski definition) is 0. The van der Waals surface area contributed by atoms with Crippen LogP contribution in [0.4, 0.5) is 37.7 Å². The number of halogens is 6. The van der Waals surface area contributed by atoms with E-state index in [1.165, 1.54) is 4.90 Å². The van der Waals surface area contributed by atoms with E-state index < -0.39 is 53.1 Å². The highest BCUT2D eigenvalue weighted by Crippen LogP contribution is 2.51. The van der Waals surface area contributed by atoms with Crippen molar-refractivity contribution in [3.05, 3.63) is 47.5 Å². The fourth-order valence-electron chi connectivity index (χ4n) is 3.93. The zero-order valence-electron chi connectivity index (χ0n) is 15.8. The van der Waals surface area contributed by atoms with E-state index in [9.17, 15) is 30.6 Å². The fourth-order valence-corrected chi connectivity index (χ4v) is 4.78. The monoisotopic (exact) mass is 481 g/mol. The van der Waals surface area contributed by atoms with Crippen LogP contribution in [-0.2, 0) is 36.8 Å². The van der Waals surface area contributed by atoms with Crippen molar-refractivity contribution in [2.75, 3.05) is 18.1 Å². The van der Waals surface area contributed by atoms with E-state index in [0.717, 1.165) is 36.4 Å². The van der Waals surface area contributed by atoms with E-state index in [2.05, 4.69) is 0 Å². The van der Waals surface area contributed by atoms with Crippen LogP contribution in [0.5, 0.6) is 11.5 Å². The van der Waals surface area contributed by atoms with Gasteiger partial charge in [0.2, 0.25) is 0 Å². The Morgan fingerprint density at radius 3 is 1.94 bits per heavy atom. The maximum Gasteiger partial charge on any atom is 0.416 e. The summed E-state index contributed by atoms with van der Waals surface area (Å²) < 4.78 is 113. The number of nitrogens with zero attached hydrogens (tertiary/aromatic N) is 1. The van der Waals surface area contributed by atoms with E-state index >= 15 is 0 Å². The smallest absolute Gasteiger partial charge is 0.416 e. The molecular weight excluding hydrogens is 468 g/mol. The quantitative estimate of drug-likeness (QED) is 0.549. The molecule has 0 aliphatic carbocycles. The molecule has 0 bridgehead atoms. The molecule has 1 unspecified atom stereocenters. The van der Waals surface area contributed by atoms with Crippen LogP contribution in [0.1, 0.15) is 11.1 Å². The third-order valence-corrected chi connectivity index (χ3v) is 6.14. The number of ether oxygens (including phenoxy) is 2. The van der Waals surface area contributed by atoms with E-state index in [0.29, 0.717) is 0 Å². The third kappa shape index (κ3) is 3.62. The number of alkyl halides is 6. The molecule has 2 aromatic rings. The summed E-state index contributed by atoms with van der Waals surface area (Å²) in [6.07, 6.45) is -10.9. The molecule has 0 saturated carbocycles. The van der Waals surface area contributed by atoms with Gasteiger partial charge in [-0.05, 0) is 36.4 Å². The average molecular weight is 481 g/mol. The zero-order chi connectivity index (χ0) is 22.8. The third-order valence-electron chi connectivity index (χ3n) is 5.35. The van der Waals surface area contributed by atoms with Crippen LogP contribution in [0, 0.1) is 0 Å². The van der Waals surface area contributed by atoms with Gasteiger partial charge in [0.15, 0.2) is 11.5 Å². The molecule has 2 fully saturated rings. The van der Waals surface area contributed by atoms with Crippen molar-refractivity contribution in [1.82, 2.24) is 0 Å². The normalized spacial score (nSPS) is 27.4. The Kier molecular flexibility index (Phi) is 4.93. The molecule has 2 saturated heterocycles. The topological polar surface area (TPSA) is 57.2 Å². The molecular formula is C19H13F6NO5S. The van der Waals surface area contributed by atoms with Gasteiger partial charge in [-0.25, -0.2) is 0 Å². The SMILES string of the molecule is O=S1O[C@H]2[C@H](COC[C@@H]2N2c3ccc(C(F)(F)F)cc3Oc3cc(C(F)(F)F)ccc32)O1. The highest BCUT2D eigenvalue weighted by atomic mass is 32.2. The number of hydrogen-bond acceptors (Lipinski definition) is 6. The molecule has 0 radical (unpaired) electrons. The van der Waals surface area contributed by atoms with Crippen LogP contribution < -0.4 is 9.64 Å². The molecule has 6 nitrogen and oxygen atoms in total. The van der Waals surface area contributed by atoms with E-state index in [-0.39, 0.29) is 36.1 Å². The predicted molar refractivity (Wildman–Crippen MR) is 97.6 cm³/mol. The van der Waals surface area contributed by atoms with Crippen molar-refractivity contribution < 1.29 is 48.4 Å². The van der Waals surface area contributed by atoms with Gasteiger partial charge >= 0.3 is 23.7 Å². The van der Waals surface area contributed by atoms with Gasteiger partial charge < -0.3 is 14.4 Å². The lowest BCUT2D eigenvalue weighted by Crippen LogP contribution is -2.54. The van der Waals surface area contributed by atoms with Crippen molar-refractivity contribution >= 4 is 22.7 Å². The first kappa shape index (κ1) is 21.5. The highest BCUT2D eigenvalue weighted by Gasteiger charge is 2.49. The number of rotatable bonds is 1. The van der Waals surface area contributed by atoms with E-state index in [4.69, 9.17) is 17.8 Å². The molecule has 0 aromatic heterocycles. The molecule has 32 heavy (non-hydrogen) atoms. The summed E-state index contributed by atoms with van der Waals surface area (Å²) in [6, 6.07) is 4.69. The Morgan fingerprint density at radius 2 is 1.41 bits per heavy atom. The molecule has 13 heteroatoms. The Hall–Kier alpha value is -2.35. The lowest BCUT2D eigenvalue weighted by molar-refractivity contribution is -0.138. The van der Waals surface area contributed by atoms with Crippen molar-refractivity contribution in [1.29, 1.82) is 0 Å². The summed E-state index contributed by atoms with van der Waals surface area (Å²) in [7, 11) is 0. The Balaban J connectivity index is 1.65. The molecule has 4 atom stereocenters. The van der Waals surface area contributed by atoms with Crippen LogP contribution in [0.2, 0.25) is 0 Å². The lowest BCUT2D eigenvalue weighted by atomic mass is 9.98. The zero-order valence-corrected chi connectivity index (χ0v) is 16.6. The second-order valence-corrected chi connectivity index (χ2v) is 8.13. The standard InChI is InChI=1S/C19H13F6NO5S/c20-18(21,22)9-1-3-11-14(5-9)29-15-6-10(19(23,24)25)2-4-12(15)26(11)13-7-28-8-16-17(13)31-32(27)30-16/h1-6,13,16-17H,7-8H2/t13-,16-,17+,32?/m0/s1. The van der Waals surface area contributed by atoms with Gasteiger partial charge in [-0.15, -0.1) is 0 Å². The summed E-state index contributed by atoms with van der Waals surface area (Å²) in [6.45, 7) is 0.0830. The molecule has 3 aliphatic rings. The van der Waals surface area contributed by atoms with Crippen LogP contribution in [-0.4, -0.2) is 35.7 Å². The van der Waals surface area contributed by atoms with E-state index in [1.807, 2.05) is 0 Å². The maximum absolute atomic E-state index is 13.2. The second kappa shape index (κ2) is 7.33. The number of anilines is 2. The van der Waals surface area contributed by atoms with Gasteiger partial charge in [-0.1, -0.05) is 0 Å². The maximum atomic E-state index is 13.2. The van der Waals surface area contributed by atoms with Gasteiger partial charge in [0, 0.05) is 0 Å². The molecule has 0 N–H and O–H groups in total. The first-order valence-electron chi connectivity index (χ1n) is 9.26. The van der Waals surface area contributed by atoms with Gasteiger partial charge in [0.25, 0.3) is 0 Å².